The van der Waals surface area contributed by atoms with Crippen molar-refractivity contribution in [2.45, 2.75) is 45.6 Å². The zero-order chi connectivity index (χ0) is 19.2. The van der Waals surface area contributed by atoms with Gasteiger partial charge in [0.15, 0.2) is 12.4 Å². The number of carbonyl (C=O) groups excluding carboxylic acids is 2. The third-order valence-corrected chi connectivity index (χ3v) is 5.10. The topological polar surface area (TPSA) is 46.6 Å². The van der Waals surface area contributed by atoms with Gasteiger partial charge in [0.05, 0.1) is 6.04 Å². The molecule has 1 aliphatic heterocycles. The highest BCUT2D eigenvalue weighted by atomic mass is 16.5. The Balaban J connectivity index is 1.72. The molecule has 1 saturated heterocycles. The first kappa shape index (κ1) is 19.2. The molecule has 1 unspecified atom stereocenters. The lowest BCUT2D eigenvalue weighted by atomic mass is 9.99. The highest BCUT2D eigenvalue weighted by Crippen LogP contribution is 2.30. The normalized spacial score (nSPS) is 17.3. The van der Waals surface area contributed by atoms with Crippen molar-refractivity contribution in [1.82, 2.24) is 4.90 Å². The number of Topliss-reactive ketones (excluding diaryl/α,β-unsaturated/α-hetero) is 1. The number of rotatable bonds is 5. The largest absolute Gasteiger partial charge is 0.484 e. The lowest BCUT2D eigenvalue weighted by Crippen LogP contribution is -2.38. The van der Waals surface area contributed by atoms with Crippen molar-refractivity contribution in [3.05, 3.63) is 65.2 Å². The van der Waals surface area contributed by atoms with Gasteiger partial charge in [-0.1, -0.05) is 54.8 Å². The molecule has 0 saturated carbocycles. The van der Waals surface area contributed by atoms with E-state index in [9.17, 15) is 9.59 Å². The van der Waals surface area contributed by atoms with Gasteiger partial charge in [-0.15, -0.1) is 0 Å². The summed E-state index contributed by atoms with van der Waals surface area (Å²) in [6.07, 6.45) is 4.28. The molecule has 142 valence electrons. The molecule has 0 spiro atoms. The van der Waals surface area contributed by atoms with E-state index in [4.69, 9.17) is 4.74 Å². The summed E-state index contributed by atoms with van der Waals surface area (Å²) in [6.45, 7) is 4.35. The maximum absolute atomic E-state index is 12.9. The Bertz CT molecular complexity index is 815. The van der Waals surface area contributed by atoms with E-state index in [0.29, 0.717) is 11.3 Å². The van der Waals surface area contributed by atoms with E-state index in [1.165, 1.54) is 18.1 Å². The van der Waals surface area contributed by atoms with Crippen LogP contribution in [0.4, 0.5) is 0 Å². The molecule has 0 bridgehead atoms. The fraction of sp³-hybridized carbons (Fsp3) is 0.391. The number of likely N-dealkylation sites (tertiary alicyclic amines) is 1. The number of aryl methyl sites for hydroxylation is 1. The fourth-order valence-corrected chi connectivity index (χ4v) is 3.66. The molecule has 2 aromatic rings. The highest BCUT2D eigenvalue weighted by molar-refractivity contribution is 5.94. The summed E-state index contributed by atoms with van der Waals surface area (Å²) in [6, 6.07) is 15.5. The van der Waals surface area contributed by atoms with Gasteiger partial charge in [0, 0.05) is 12.1 Å². The zero-order valence-electron chi connectivity index (χ0n) is 16.1. The molecule has 27 heavy (non-hydrogen) atoms. The zero-order valence-corrected chi connectivity index (χ0v) is 16.1. The third-order valence-electron chi connectivity index (χ3n) is 5.10. The molecule has 2 aromatic carbocycles. The van der Waals surface area contributed by atoms with Gasteiger partial charge in [0.2, 0.25) is 0 Å². The lowest BCUT2D eigenvalue weighted by Gasteiger charge is -2.30. The number of ether oxygens (including phenoxy) is 1. The number of hydrogen-bond donors (Lipinski definition) is 0. The molecule has 0 radical (unpaired) electrons. The quantitative estimate of drug-likeness (QED) is 0.720. The monoisotopic (exact) mass is 365 g/mol. The fourth-order valence-electron chi connectivity index (χ4n) is 3.66. The second-order valence-corrected chi connectivity index (χ2v) is 7.24. The Morgan fingerprint density at radius 2 is 1.89 bits per heavy atom. The molecule has 1 heterocycles. The number of nitrogens with zero attached hydrogens (tertiary/aromatic N) is 1. The Kier molecular flexibility index (Phi) is 6.28. The van der Waals surface area contributed by atoms with E-state index in [1.807, 2.05) is 4.90 Å². The smallest absolute Gasteiger partial charge is 0.261 e. The van der Waals surface area contributed by atoms with Gasteiger partial charge < -0.3 is 9.64 Å². The number of hydrogen-bond acceptors (Lipinski definition) is 3. The van der Waals surface area contributed by atoms with Crippen molar-refractivity contribution in [3.8, 4) is 5.75 Å². The van der Waals surface area contributed by atoms with Crippen molar-refractivity contribution in [3.63, 3.8) is 0 Å². The first-order valence-corrected chi connectivity index (χ1v) is 9.64. The second-order valence-electron chi connectivity index (χ2n) is 7.24. The molecule has 0 aliphatic carbocycles. The van der Waals surface area contributed by atoms with Crippen LogP contribution in [0.15, 0.2) is 48.5 Å². The van der Waals surface area contributed by atoms with Gasteiger partial charge in [-0.25, -0.2) is 0 Å². The van der Waals surface area contributed by atoms with Crippen LogP contribution >= 0.6 is 0 Å². The number of amides is 1. The van der Waals surface area contributed by atoms with Crippen LogP contribution in [0, 0.1) is 6.92 Å². The van der Waals surface area contributed by atoms with Gasteiger partial charge in [0.1, 0.15) is 5.75 Å². The molecular formula is C23H27NO3. The predicted octanol–water partition coefficient (Wildman–Crippen LogP) is 4.72. The summed E-state index contributed by atoms with van der Waals surface area (Å²) in [5.41, 5.74) is 3.00. The van der Waals surface area contributed by atoms with Crippen LogP contribution in [0.25, 0.3) is 0 Å². The molecule has 1 amide bonds. The Morgan fingerprint density at radius 3 is 2.67 bits per heavy atom. The maximum atomic E-state index is 12.9. The SMILES string of the molecule is CC(=O)c1cccc(OCC(=O)N2CCCCCC2c2cccc(C)c2)c1. The summed E-state index contributed by atoms with van der Waals surface area (Å²) in [7, 11) is 0. The first-order chi connectivity index (χ1) is 13.0. The van der Waals surface area contributed by atoms with Crippen molar-refractivity contribution >= 4 is 11.7 Å². The molecule has 0 N–H and O–H groups in total. The van der Waals surface area contributed by atoms with E-state index in [-0.39, 0.29) is 24.3 Å². The van der Waals surface area contributed by atoms with Crippen LogP contribution in [-0.4, -0.2) is 29.7 Å². The Morgan fingerprint density at radius 1 is 1.07 bits per heavy atom. The highest BCUT2D eigenvalue weighted by Gasteiger charge is 2.27. The Hall–Kier alpha value is -2.62. The van der Waals surface area contributed by atoms with E-state index < -0.39 is 0 Å². The van der Waals surface area contributed by atoms with Crippen LogP contribution in [0.1, 0.15) is 60.1 Å². The van der Waals surface area contributed by atoms with E-state index >= 15 is 0 Å². The van der Waals surface area contributed by atoms with Gasteiger partial charge in [-0.05, 0) is 44.4 Å². The summed E-state index contributed by atoms with van der Waals surface area (Å²) >= 11 is 0. The van der Waals surface area contributed by atoms with Crippen LogP contribution in [-0.2, 0) is 4.79 Å². The van der Waals surface area contributed by atoms with Gasteiger partial charge in [0.25, 0.3) is 5.91 Å². The van der Waals surface area contributed by atoms with Crippen LogP contribution in [0.2, 0.25) is 0 Å². The average molecular weight is 365 g/mol. The minimum absolute atomic E-state index is 0.00312. The van der Waals surface area contributed by atoms with E-state index in [1.54, 1.807) is 24.3 Å². The number of ketones is 1. The molecule has 1 aliphatic rings. The summed E-state index contributed by atoms with van der Waals surface area (Å²) in [5.74, 6) is 0.536. The van der Waals surface area contributed by atoms with Crippen molar-refractivity contribution < 1.29 is 14.3 Å². The minimum atomic E-state index is -0.0150. The van der Waals surface area contributed by atoms with Crippen molar-refractivity contribution in [2.75, 3.05) is 13.2 Å². The molecule has 4 nitrogen and oxygen atoms in total. The van der Waals surface area contributed by atoms with Crippen LogP contribution in [0.3, 0.4) is 0 Å². The van der Waals surface area contributed by atoms with Crippen LogP contribution < -0.4 is 4.74 Å². The van der Waals surface area contributed by atoms with E-state index in [0.717, 1.165) is 32.2 Å². The maximum Gasteiger partial charge on any atom is 0.261 e. The molecule has 0 aromatic heterocycles. The number of benzene rings is 2. The lowest BCUT2D eigenvalue weighted by molar-refractivity contribution is -0.135. The third kappa shape index (κ3) is 4.97. The minimum Gasteiger partial charge on any atom is -0.484 e. The average Bonchev–Trinajstić information content (AvgIpc) is 2.92. The van der Waals surface area contributed by atoms with Gasteiger partial charge >= 0.3 is 0 Å². The molecule has 1 atom stereocenters. The molecule has 4 heteroatoms. The number of carbonyl (C=O) groups is 2. The molecular weight excluding hydrogens is 338 g/mol. The van der Waals surface area contributed by atoms with Crippen molar-refractivity contribution in [1.29, 1.82) is 0 Å². The van der Waals surface area contributed by atoms with E-state index in [2.05, 4.69) is 31.2 Å². The summed E-state index contributed by atoms with van der Waals surface area (Å²) in [4.78, 5) is 26.4. The van der Waals surface area contributed by atoms with Gasteiger partial charge in [-0.3, -0.25) is 9.59 Å². The molecule has 1 fully saturated rings. The second kappa shape index (κ2) is 8.85. The molecule has 3 rings (SSSR count). The standard InChI is InChI=1S/C23H27NO3/c1-17-8-6-10-20(14-17)22-12-4-3-5-13-24(22)23(26)16-27-21-11-7-9-19(15-21)18(2)25/h6-11,14-15,22H,3-5,12-13,16H2,1-2H3. The Labute approximate surface area is 161 Å². The summed E-state index contributed by atoms with van der Waals surface area (Å²) in [5, 5.41) is 0. The van der Waals surface area contributed by atoms with Crippen LogP contribution in [0.5, 0.6) is 5.75 Å². The summed E-state index contributed by atoms with van der Waals surface area (Å²) < 4.78 is 5.72. The first-order valence-electron chi connectivity index (χ1n) is 9.64. The predicted molar refractivity (Wildman–Crippen MR) is 106 cm³/mol. The van der Waals surface area contributed by atoms with Gasteiger partial charge in [-0.2, -0.15) is 0 Å². The van der Waals surface area contributed by atoms with Crippen molar-refractivity contribution in [2.24, 2.45) is 0 Å².